The molecule has 1 atom stereocenters. The van der Waals surface area contributed by atoms with Gasteiger partial charge in [0, 0.05) is 18.7 Å². The molecule has 1 aromatic rings. The monoisotopic (exact) mass is 324 g/mol. The summed E-state index contributed by atoms with van der Waals surface area (Å²) in [6.07, 6.45) is 1.35. The summed E-state index contributed by atoms with van der Waals surface area (Å²) in [5.41, 5.74) is 6.15. The van der Waals surface area contributed by atoms with Gasteiger partial charge in [0.25, 0.3) is 0 Å². The third-order valence-electron chi connectivity index (χ3n) is 3.33. The molecule has 0 aliphatic carbocycles. The summed E-state index contributed by atoms with van der Waals surface area (Å²) in [5.74, 6) is -0.487. The first-order valence-corrected chi connectivity index (χ1v) is 7.23. The van der Waals surface area contributed by atoms with Gasteiger partial charge in [-0.05, 0) is 31.5 Å². The van der Waals surface area contributed by atoms with Gasteiger partial charge in [0.2, 0.25) is 11.8 Å². The molecule has 0 radical (unpaired) electrons. The fourth-order valence-corrected chi connectivity index (χ4v) is 2.55. The number of amides is 4. The first kappa shape index (κ1) is 16.1. The molecule has 0 saturated carbocycles. The number of nitrogens with zero attached hydrogens (tertiary/aromatic N) is 1. The second-order valence-electron chi connectivity index (χ2n) is 5.03. The van der Waals surface area contributed by atoms with E-state index in [1.807, 2.05) is 5.32 Å². The van der Waals surface area contributed by atoms with Gasteiger partial charge in [-0.1, -0.05) is 11.6 Å². The van der Waals surface area contributed by atoms with Crippen LogP contribution in [0.4, 0.5) is 16.2 Å². The van der Waals surface area contributed by atoms with Crippen LogP contribution in [0.1, 0.15) is 19.8 Å². The van der Waals surface area contributed by atoms with Gasteiger partial charge >= 0.3 is 6.03 Å². The molecule has 1 fully saturated rings. The topological polar surface area (TPSA) is 105 Å². The Morgan fingerprint density at radius 1 is 1.41 bits per heavy atom. The lowest BCUT2D eigenvalue weighted by molar-refractivity contribution is -0.120. The quantitative estimate of drug-likeness (QED) is 0.779. The van der Waals surface area contributed by atoms with Crippen molar-refractivity contribution >= 4 is 40.8 Å². The average Bonchev–Trinajstić information content (AvgIpc) is 2.84. The minimum Gasteiger partial charge on any atom is -0.374 e. The van der Waals surface area contributed by atoms with Gasteiger partial charge in [-0.25, -0.2) is 4.79 Å². The Kier molecular flexibility index (Phi) is 4.87. The van der Waals surface area contributed by atoms with Crippen molar-refractivity contribution in [2.24, 2.45) is 5.73 Å². The number of anilines is 2. The first-order chi connectivity index (χ1) is 10.4. The Bertz CT molecular complexity index is 620. The van der Waals surface area contributed by atoms with Gasteiger partial charge in [-0.2, -0.15) is 0 Å². The number of rotatable bonds is 4. The summed E-state index contributed by atoms with van der Waals surface area (Å²) in [4.78, 5) is 35.6. The lowest BCUT2D eigenvalue weighted by Gasteiger charge is -2.19. The highest BCUT2D eigenvalue weighted by atomic mass is 35.5. The fraction of sp³-hybridized carbons (Fsp3) is 0.357. The standard InChI is InChI=1S/C14H17ClN4O3/c1-8(13(21)18-14(16)22)17-9-4-5-11(10(15)7-9)19-6-2-3-12(19)20/h4-5,7-8,17H,2-3,6H2,1H3,(H3,16,18,21,22)/t8-/m1/s1. The Morgan fingerprint density at radius 2 is 2.14 bits per heavy atom. The second-order valence-corrected chi connectivity index (χ2v) is 5.44. The predicted octanol–water partition coefficient (Wildman–Crippen LogP) is 1.46. The molecular weight excluding hydrogens is 308 g/mol. The number of imide groups is 1. The van der Waals surface area contributed by atoms with Crippen molar-refractivity contribution in [3.63, 3.8) is 0 Å². The molecular formula is C14H17ClN4O3. The van der Waals surface area contributed by atoms with Crippen LogP contribution in [-0.4, -0.2) is 30.4 Å². The first-order valence-electron chi connectivity index (χ1n) is 6.85. The van der Waals surface area contributed by atoms with E-state index in [1.54, 1.807) is 30.0 Å². The minimum absolute atomic E-state index is 0.0526. The number of carbonyl (C=O) groups excluding carboxylic acids is 3. The molecule has 118 valence electrons. The summed E-state index contributed by atoms with van der Waals surface area (Å²) in [7, 11) is 0. The maximum atomic E-state index is 11.7. The smallest absolute Gasteiger partial charge is 0.318 e. The number of nitrogens with one attached hydrogen (secondary N) is 2. The SMILES string of the molecule is C[C@@H](Nc1ccc(N2CCCC2=O)c(Cl)c1)C(=O)NC(N)=O. The lowest BCUT2D eigenvalue weighted by Crippen LogP contribution is -2.43. The van der Waals surface area contributed by atoms with Crippen LogP contribution >= 0.6 is 11.6 Å². The Hall–Kier alpha value is -2.28. The molecule has 2 rings (SSSR count). The maximum Gasteiger partial charge on any atom is 0.318 e. The van der Waals surface area contributed by atoms with Gasteiger partial charge in [-0.3, -0.25) is 14.9 Å². The average molecular weight is 325 g/mol. The van der Waals surface area contributed by atoms with Crippen LogP contribution in [-0.2, 0) is 9.59 Å². The normalized spacial score (nSPS) is 15.5. The van der Waals surface area contributed by atoms with E-state index in [9.17, 15) is 14.4 Å². The van der Waals surface area contributed by atoms with Gasteiger partial charge in [0.1, 0.15) is 6.04 Å². The highest BCUT2D eigenvalue weighted by Gasteiger charge is 2.23. The number of primary amides is 1. The molecule has 0 spiro atoms. The van der Waals surface area contributed by atoms with Crippen LogP contribution in [0, 0.1) is 0 Å². The van der Waals surface area contributed by atoms with E-state index in [0.29, 0.717) is 29.4 Å². The Labute approximate surface area is 132 Å². The summed E-state index contributed by atoms with van der Waals surface area (Å²) >= 11 is 6.21. The van der Waals surface area contributed by atoms with E-state index in [1.165, 1.54) is 0 Å². The number of urea groups is 1. The highest BCUT2D eigenvalue weighted by molar-refractivity contribution is 6.34. The van der Waals surface area contributed by atoms with E-state index in [0.717, 1.165) is 6.42 Å². The van der Waals surface area contributed by atoms with Crippen LogP contribution in [0.15, 0.2) is 18.2 Å². The van der Waals surface area contributed by atoms with Crippen molar-refractivity contribution in [3.8, 4) is 0 Å². The zero-order valence-corrected chi connectivity index (χ0v) is 12.8. The summed E-state index contributed by atoms with van der Waals surface area (Å²) in [6, 6.07) is 3.52. The molecule has 0 unspecified atom stereocenters. The van der Waals surface area contributed by atoms with Gasteiger partial charge < -0.3 is 16.0 Å². The molecule has 1 aliphatic heterocycles. The van der Waals surface area contributed by atoms with E-state index in [-0.39, 0.29) is 5.91 Å². The van der Waals surface area contributed by atoms with Gasteiger partial charge in [-0.15, -0.1) is 0 Å². The Balaban J connectivity index is 2.07. The third kappa shape index (κ3) is 3.67. The fourth-order valence-electron chi connectivity index (χ4n) is 2.26. The van der Waals surface area contributed by atoms with Crippen LogP contribution in [0.25, 0.3) is 0 Å². The number of carbonyl (C=O) groups is 3. The van der Waals surface area contributed by atoms with E-state index in [2.05, 4.69) is 5.32 Å². The largest absolute Gasteiger partial charge is 0.374 e. The molecule has 1 saturated heterocycles. The van der Waals surface area contributed by atoms with Crippen LogP contribution in [0.5, 0.6) is 0 Å². The molecule has 4 amide bonds. The molecule has 4 N–H and O–H groups in total. The van der Waals surface area contributed by atoms with Crippen LogP contribution in [0.2, 0.25) is 5.02 Å². The highest BCUT2D eigenvalue weighted by Crippen LogP contribution is 2.31. The van der Waals surface area contributed by atoms with Crippen molar-refractivity contribution in [2.75, 3.05) is 16.8 Å². The van der Waals surface area contributed by atoms with E-state index in [4.69, 9.17) is 17.3 Å². The molecule has 0 aromatic heterocycles. The Morgan fingerprint density at radius 3 is 2.68 bits per heavy atom. The summed E-state index contributed by atoms with van der Waals surface area (Å²) in [6.45, 7) is 2.24. The molecule has 1 heterocycles. The van der Waals surface area contributed by atoms with Crippen molar-refractivity contribution in [1.82, 2.24) is 5.32 Å². The van der Waals surface area contributed by atoms with Crippen LogP contribution in [0.3, 0.4) is 0 Å². The van der Waals surface area contributed by atoms with Crippen LogP contribution < -0.4 is 21.3 Å². The zero-order valence-electron chi connectivity index (χ0n) is 12.1. The minimum atomic E-state index is -0.903. The molecule has 22 heavy (non-hydrogen) atoms. The maximum absolute atomic E-state index is 11.7. The molecule has 0 bridgehead atoms. The second kappa shape index (κ2) is 6.65. The lowest BCUT2D eigenvalue weighted by atomic mass is 10.2. The summed E-state index contributed by atoms with van der Waals surface area (Å²) < 4.78 is 0. The number of hydrogen-bond acceptors (Lipinski definition) is 4. The third-order valence-corrected chi connectivity index (χ3v) is 3.64. The number of halogens is 1. The number of benzene rings is 1. The van der Waals surface area contributed by atoms with Crippen molar-refractivity contribution in [1.29, 1.82) is 0 Å². The molecule has 8 heteroatoms. The molecule has 1 aliphatic rings. The zero-order chi connectivity index (χ0) is 16.3. The van der Waals surface area contributed by atoms with Gasteiger partial charge in [0.05, 0.1) is 10.7 Å². The van der Waals surface area contributed by atoms with Crippen molar-refractivity contribution < 1.29 is 14.4 Å². The molecule has 7 nitrogen and oxygen atoms in total. The predicted molar refractivity (Wildman–Crippen MR) is 83.8 cm³/mol. The summed E-state index contributed by atoms with van der Waals surface area (Å²) in [5, 5.41) is 5.32. The number of hydrogen-bond donors (Lipinski definition) is 3. The van der Waals surface area contributed by atoms with Crippen molar-refractivity contribution in [2.45, 2.75) is 25.8 Å². The number of nitrogens with two attached hydrogens (primary N) is 1. The van der Waals surface area contributed by atoms with E-state index >= 15 is 0 Å². The van der Waals surface area contributed by atoms with Gasteiger partial charge in [0.15, 0.2) is 0 Å². The van der Waals surface area contributed by atoms with Crippen molar-refractivity contribution in [3.05, 3.63) is 23.2 Å². The van der Waals surface area contributed by atoms with E-state index < -0.39 is 18.0 Å². The molecule has 1 aromatic carbocycles.